The van der Waals surface area contributed by atoms with Gasteiger partial charge in [0.05, 0.1) is 12.8 Å². The SMILES string of the molecule is COc1ccc(Cn2c(C#N)cc(N)c2CC(C)C)cc1. The summed E-state index contributed by atoms with van der Waals surface area (Å²) in [5.74, 6) is 1.32. The molecular weight excluding hydrogens is 262 g/mol. The molecule has 0 bridgehead atoms. The van der Waals surface area contributed by atoms with Gasteiger partial charge in [-0.3, -0.25) is 0 Å². The normalized spacial score (nSPS) is 10.6. The molecule has 2 rings (SSSR count). The van der Waals surface area contributed by atoms with Crippen LogP contribution < -0.4 is 10.5 Å². The molecule has 1 aromatic heterocycles. The number of benzene rings is 1. The Morgan fingerprint density at radius 2 is 1.95 bits per heavy atom. The van der Waals surface area contributed by atoms with Gasteiger partial charge in [-0.1, -0.05) is 26.0 Å². The number of nitrogens with two attached hydrogens (primary N) is 1. The fourth-order valence-electron chi connectivity index (χ4n) is 2.41. The van der Waals surface area contributed by atoms with Crippen LogP contribution in [0.4, 0.5) is 5.69 Å². The quantitative estimate of drug-likeness (QED) is 0.916. The largest absolute Gasteiger partial charge is 0.497 e. The van der Waals surface area contributed by atoms with E-state index < -0.39 is 0 Å². The molecule has 2 N–H and O–H groups in total. The van der Waals surface area contributed by atoms with E-state index >= 15 is 0 Å². The minimum Gasteiger partial charge on any atom is -0.497 e. The molecule has 4 heteroatoms. The number of nitrogens with zero attached hydrogens (tertiary/aromatic N) is 2. The molecule has 0 unspecified atom stereocenters. The molecule has 0 radical (unpaired) electrons. The summed E-state index contributed by atoms with van der Waals surface area (Å²) in [6.07, 6.45) is 0.865. The Bertz CT molecular complexity index is 648. The Balaban J connectivity index is 2.35. The Morgan fingerprint density at radius 1 is 1.29 bits per heavy atom. The van der Waals surface area contributed by atoms with Crippen molar-refractivity contribution in [2.45, 2.75) is 26.8 Å². The van der Waals surface area contributed by atoms with Crippen molar-refractivity contribution >= 4 is 5.69 Å². The van der Waals surface area contributed by atoms with E-state index in [9.17, 15) is 5.26 Å². The smallest absolute Gasteiger partial charge is 0.122 e. The number of hydrogen-bond donors (Lipinski definition) is 1. The lowest BCUT2D eigenvalue weighted by atomic mass is 10.1. The molecule has 4 nitrogen and oxygen atoms in total. The lowest BCUT2D eigenvalue weighted by molar-refractivity contribution is 0.414. The molecule has 21 heavy (non-hydrogen) atoms. The lowest BCUT2D eigenvalue weighted by Crippen LogP contribution is -2.10. The van der Waals surface area contributed by atoms with Crippen molar-refractivity contribution in [3.63, 3.8) is 0 Å². The van der Waals surface area contributed by atoms with Crippen LogP contribution in [-0.4, -0.2) is 11.7 Å². The molecule has 0 saturated carbocycles. The second-order valence-electron chi connectivity index (χ2n) is 5.58. The maximum atomic E-state index is 9.30. The highest BCUT2D eigenvalue weighted by Crippen LogP contribution is 2.23. The standard InChI is InChI=1S/C17H21N3O/c1-12(2)8-17-16(19)9-14(10-18)20(17)11-13-4-6-15(21-3)7-5-13/h4-7,9,12H,8,11,19H2,1-3H3. The summed E-state index contributed by atoms with van der Waals surface area (Å²) < 4.78 is 7.18. The summed E-state index contributed by atoms with van der Waals surface area (Å²) in [6, 6.07) is 11.9. The van der Waals surface area contributed by atoms with Gasteiger partial charge >= 0.3 is 0 Å². The number of ether oxygens (including phenoxy) is 1. The topological polar surface area (TPSA) is 64.0 Å². The van der Waals surface area contributed by atoms with E-state index in [1.54, 1.807) is 13.2 Å². The fraction of sp³-hybridized carbons (Fsp3) is 0.353. The highest BCUT2D eigenvalue weighted by molar-refractivity contribution is 5.51. The minimum absolute atomic E-state index is 0.489. The van der Waals surface area contributed by atoms with Gasteiger partial charge in [-0.25, -0.2) is 0 Å². The van der Waals surface area contributed by atoms with Crippen LogP contribution in [0.25, 0.3) is 0 Å². The molecule has 1 aromatic carbocycles. The Labute approximate surface area is 125 Å². The van der Waals surface area contributed by atoms with E-state index in [-0.39, 0.29) is 0 Å². The summed E-state index contributed by atoms with van der Waals surface area (Å²) in [4.78, 5) is 0. The fourth-order valence-corrected chi connectivity index (χ4v) is 2.41. The molecule has 0 saturated heterocycles. The van der Waals surface area contributed by atoms with E-state index in [0.717, 1.165) is 23.4 Å². The third-order valence-electron chi connectivity index (χ3n) is 3.46. The number of anilines is 1. The number of hydrogen-bond acceptors (Lipinski definition) is 3. The molecule has 110 valence electrons. The number of rotatable bonds is 5. The van der Waals surface area contributed by atoms with Crippen molar-refractivity contribution in [3.8, 4) is 11.8 Å². The van der Waals surface area contributed by atoms with Gasteiger partial charge in [0.1, 0.15) is 17.5 Å². The van der Waals surface area contributed by atoms with Crippen molar-refractivity contribution < 1.29 is 4.74 Å². The molecule has 0 amide bonds. The van der Waals surface area contributed by atoms with Gasteiger partial charge in [0.25, 0.3) is 0 Å². The third kappa shape index (κ3) is 3.38. The van der Waals surface area contributed by atoms with Gasteiger partial charge in [-0.15, -0.1) is 0 Å². The van der Waals surface area contributed by atoms with E-state index in [1.165, 1.54) is 0 Å². The second kappa shape index (κ2) is 6.36. The average molecular weight is 283 g/mol. The van der Waals surface area contributed by atoms with Crippen molar-refractivity contribution in [3.05, 3.63) is 47.3 Å². The lowest BCUT2D eigenvalue weighted by Gasteiger charge is -2.13. The molecular formula is C17H21N3O. The highest BCUT2D eigenvalue weighted by atomic mass is 16.5. The number of aromatic nitrogens is 1. The first kappa shape index (κ1) is 15.0. The van der Waals surface area contributed by atoms with Crippen molar-refractivity contribution in [1.82, 2.24) is 4.57 Å². The van der Waals surface area contributed by atoms with Crippen LogP contribution in [0.15, 0.2) is 30.3 Å². The molecule has 1 heterocycles. The van der Waals surface area contributed by atoms with E-state index in [1.807, 2.05) is 28.8 Å². The molecule has 0 spiro atoms. The van der Waals surface area contributed by atoms with Crippen molar-refractivity contribution in [2.75, 3.05) is 12.8 Å². The number of methoxy groups -OCH3 is 1. The van der Waals surface area contributed by atoms with Crippen molar-refractivity contribution in [2.24, 2.45) is 5.92 Å². The second-order valence-corrected chi connectivity index (χ2v) is 5.58. The van der Waals surface area contributed by atoms with Gasteiger partial charge in [-0.2, -0.15) is 5.26 Å². The number of nitriles is 1. The third-order valence-corrected chi connectivity index (χ3v) is 3.46. The van der Waals surface area contributed by atoms with Crippen molar-refractivity contribution in [1.29, 1.82) is 5.26 Å². The monoisotopic (exact) mass is 283 g/mol. The van der Waals surface area contributed by atoms with Gasteiger partial charge in [0, 0.05) is 12.2 Å². The molecule has 0 aliphatic rings. The molecule has 0 fully saturated rings. The Hall–Kier alpha value is -2.41. The zero-order valence-corrected chi connectivity index (χ0v) is 12.8. The first-order chi connectivity index (χ1) is 10.0. The van der Waals surface area contributed by atoms with Crippen LogP contribution in [0.3, 0.4) is 0 Å². The van der Waals surface area contributed by atoms with Crippen LogP contribution in [0.1, 0.15) is 30.8 Å². The van der Waals surface area contributed by atoms with E-state index in [2.05, 4.69) is 19.9 Å². The van der Waals surface area contributed by atoms with Gasteiger partial charge < -0.3 is 15.0 Å². The maximum absolute atomic E-state index is 9.30. The minimum atomic E-state index is 0.489. The summed E-state index contributed by atoms with van der Waals surface area (Å²) in [5, 5.41) is 9.30. The average Bonchev–Trinajstić information content (AvgIpc) is 2.76. The van der Waals surface area contributed by atoms with Crippen LogP contribution in [-0.2, 0) is 13.0 Å². The maximum Gasteiger partial charge on any atom is 0.122 e. The molecule has 0 aliphatic heterocycles. The van der Waals surface area contributed by atoms with Gasteiger partial charge in [0.15, 0.2) is 0 Å². The summed E-state index contributed by atoms with van der Waals surface area (Å²) in [7, 11) is 1.65. The molecule has 0 aliphatic carbocycles. The van der Waals surface area contributed by atoms with Gasteiger partial charge in [0.2, 0.25) is 0 Å². The number of nitrogen functional groups attached to an aromatic ring is 1. The van der Waals surface area contributed by atoms with Crippen LogP contribution in [0, 0.1) is 17.2 Å². The Kier molecular flexibility index (Phi) is 4.54. The highest BCUT2D eigenvalue weighted by Gasteiger charge is 2.14. The summed E-state index contributed by atoms with van der Waals surface area (Å²) >= 11 is 0. The summed E-state index contributed by atoms with van der Waals surface area (Å²) in [5.41, 5.74) is 9.54. The van der Waals surface area contributed by atoms with E-state index in [0.29, 0.717) is 23.8 Å². The predicted molar refractivity (Wildman–Crippen MR) is 84.2 cm³/mol. The zero-order valence-electron chi connectivity index (χ0n) is 12.8. The first-order valence-corrected chi connectivity index (χ1v) is 7.06. The van der Waals surface area contributed by atoms with Crippen LogP contribution in [0.5, 0.6) is 5.75 Å². The zero-order chi connectivity index (χ0) is 15.4. The predicted octanol–water partition coefficient (Wildman–Crippen LogP) is 3.20. The van der Waals surface area contributed by atoms with Crippen LogP contribution >= 0.6 is 0 Å². The molecule has 2 aromatic rings. The Morgan fingerprint density at radius 3 is 2.48 bits per heavy atom. The summed E-state index contributed by atoms with van der Waals surface area (Å²) in [6.45, 7) is 4.94. The van der Waals surface area contributed by atoms with Crippen LogP contribution in [0.2, 0.25) is 0 Å². The van der Waals surface area contributed by atoms with Gasteiger partial charge in [-0.05, 0) is 36.1 Å². The first-order valence-electron chi connectivity index (χ1n) is 7.06. The van der Waals surface area contributed by atoms with E-state index in [4.69, 9.17) is 10.5 Å². The molecule has 0 atom stereocenters.